The van der Waals surface area contributed by atoms with Gasteiger partial charge in [0, 0.05) is 24.3 Å². The Hall–Kier alpha value is -1.99. The van der Waals surface area contributed by atoms with Gasteiger partial charge < -0.3 is 5.32 Å². The summed E-state index contributed by atoms with van der Waals surface area (Å²) in [5.74, 6) is 0.450. The van der Waals surface area contributed by atoms with Gasteiger partial charge in [-0.05, 0) is 55.1 Å². The van der Waals surface area contributed by atoms with Crippen LogP contribution in [0.1, 0.15) is 62.1 Å². The molecular formula is C19H22N4OS2. The van der Waals surface area contributed by atoms with Gasteiger partial charge in [0.2, 0.25) is 0 Å². The van der Waals surface area contributed by atoms with E-state index in [1.54, 1.807) is 27.4 Å². The van der Waals surface area contributed by atoms with Crippen LogP contribution in [-0.2, 0) is 13.5 Å². The van der Waals surface area contributed by atoms with Gasteiger partial charge in [0.1, 0.15) is 10.7 Å². The first-order valence-corrected chi connectivity index (χ1v) is 10.6. The molecule has 1 aliphatic carbocycles. The number of amides is 1. The maximum atomic E-state index is 12.9. The van der Waals surface area contributed by atoms with Gasteiger partial charge in [0.25, 0.3) is 5.91 Å². The van der Waals surface area contributed by atoms with Gasteiger partial charge in [-0.25, -0.2) is 4.98 Å². The Morgan fingerprint density at radius 3 is 2.85 bits per heavy atom. The first-order chi connectivity index (χ1) is 12.5. The number of carbonyl (C=O) groups excluding carboxylic acids is 1. The molecule has 1 atom stereocenters. The maximum absolute atomic E-state index is 12.9. The summed E-state index contributed by atoms with van der Waals surface area (Å²) in [6.45, 7) is 4.09. The molecule has 1 N–H and O–H groups in total. The molecule has 26 heavy (non-hydrogen) atoms. The lowest BCUT2D eigenvalue weighted by Gasteiger charge is -2.16. The highest BCUT2D eigenvalue weighted by Crippen LogP contribution is 2.39. The molecule has 1 fully saturated rings. The number of aromatic nitrogens is 3. The van der Waals surface area contributed by atoms with Crippen LogP contribution in [0.15, 0.2) is 22.9 Å². The molecule has 0 radical (unpaired) electrons. The Balaban J connectivity index is 1.58. The predicted octanol–water partition coefficient (Wildman–Crippen LogP) is 4.15. The molecule has 0 unspecified atom stereocenters. The number of rotatable bonds is 6. The van der Waals surface area contributed by atoms with Crippen LogP contribution >= 0.6 is 22.7 Å². The van der Waals surface area contributed by atoms with Crippen LogP contribution in [0.2, 0.25) is 0 Å². The summed E-state index contributed by atoms with van der Waals surface area (Å²) >= 11 is 3.33. The fraction of sp³-hybridized carbons (Fsp3) is 0.421. The SMILES string of the molecule is Cc1nc([C@@H](Cc2ccsc2)NC(=O)c2cc(C3CC3)nn2C)sc1C. The molecule has 0 bridgehead atoms. The predicted molar refractivity (Wildman–Crippen MR) is 105 cm³/mol. The Bertz CT molecular complexity index is 902. The fourth-order valence-electron chi connectivity index (χ4n) is 3.00. The highest BCUT2D eigenvalue weighted by Gasteiger charge is 2.29. The highest BCUT2D eigenvalue weighted by molar-refractivity contribution is 7.11. The van der Waals surface area contributed by atoms with E-state index >= 15 is 0 Å². The Morgan fingerprint density at radius 2 is 2.23 bits per heavy atom. The molecule has 0 aliphatic heterocycles. The summed E-state index contributed by atoms with van der Waals surface area (Å²) in [5.41, 5.74) is 3.90. The third kappa shape index (κ3) is 3.59. The molecule has 136 valence electrons. The zero-order valence-corrected chi connectivity index (χ0v) is 16.8. The smallest absolute Gasteiger partial charge is 0.270 e. The first kappa shape index (κ1) is 17.4. The molecule has 1 aliphatic rings. The molecule has 0 spiro atoms. The fourth-order valence-corrected chi connectivity index (χ4v) is 4.66. The lowest BCUT2D eigenvalue weighted by atomic mass is 10.1. The van der Waals surface area contributed by atoms with Gasteiger partial charge in [-0.1, -0.05) is 0 Å². The monoisotopic (exact) mass is 386 g/mol. The van der Waals surface area contributed by atoms with Crippen molar-refractivity contribution >= 4 is 28.6 Å². The van der Waals surface area contributed by atoms with Crippen LogP contribution < -0.4 is 5.32 Å². The van der Waals surface area contributed by atoms with Crippen LogP contribution in [-0.4, -0.2) is 20.7 Å². The second-order valence-corrected chi connectivity index (χ2v) is 8.92. The third-order valence-electron chi connectivity index (χ3n) is 4.80. The van der Waals surface area contributed by atoms with Crippen LogP contribution in [0.3, 0.4) is 0 Å². The number of hydrogen-bond acceptors (Lipinski definition) is 5. The van der Waals surface area contributed by atoms with E-state index in [1.807, 2.05) is 20.0 Å². The van der Waals surface area contributed by atoms with Crippen molar-refractivity contribution in [1.29, 1.82) is 0 Å². The minimum absolute atomic E-state index is 0.0855. The van der Waals surface area contributed by atoms with E-state index in [4.69, 9.17) is 0 Å². The summed E-state index contributed by atoms with van der Waals surface area (Å²) in [6.07, 6.45) is 3.10. The van der Waals surface area contributed by atoms with Crippen molar-refractivity contribution in [3.63, 3.8) is 0 Å². The molecule has 1 saturated carbocycles. The minimum Gasteiger partial charge on any atom is -0.341 e. The van der Waals surface area contributed by atoms with Gasteiger partial charge in [-0.2, -0.15) is 16.4 Å². The highest BCUT2D eigenvalue weighted by atomic mass is 32.1. The molecular weight excluding hydrogens is 364 g/mol. The van der Waals surface area contributed by atoms with E-state index < -0.39 is 0 Å². The second kappa shape index (κ2) is 6.96. The standard InChI is InChI=1S/C19H22N4OS2/c1-11-12(2)26-19(20-11)16(8-13-6-7-25-10-13)21-18(24)17-9-15(14-4-5-14)22-23(17)3/h6-7,9-10,14,16H,4-5,8H2,1-3H3,(H,21,24)/t16-/m1/s1. The largest absolute Gasteiger partial charge is 0.341 e. The van der Waals surface area contributed by atoms with E-state index in [0.717, 1.165) is 22.8 Å². The summed E-state index contributed by atoms with van der Waals surface area (Å²) < 4.78 is 1.70. The zero-order chi connectivity index (χ0) is 18.3. The number of nitrogens with one attached hydrogen (secondary N) is 1. The van der Waals surface area contributed by atoms with Crippen molar-refractivity contribution in [1.82, 2.24) is 20.1 Å². The lowest BCUT2D eigenvalue weighted by Crippen LogP contribution is -2.31. The molecule has 0 saturated heterocycles. The normalized spacial score (nSPS) is 15.2. The van der Waals surface area contributed by atoms with Crippen LogP contribution in [0.5, 0.6) is 0 Å². The third-order valence-corrected chi connectivity index (χ3v) is 6.71. The van der Waals surface area contributed by atoms with Gasteiger partial charge in [-0.3, -0.25) is 9.48 Å². The van der Waals surface area contributed by atoms with Gasteiger partial charge in [0.15, 0.2) is 0 Å². The van der Waals surface area contributed by atoms with Crippen LogP contribution in [0.4, 0.5) is 0 Å². The average Bonchev–Trinajstić information content (AvgIpc) is 3.02. The van der Waals surface area contributed by atoms with E-state index in [1.165, 1.54) is 23.3 Å². The number of thiazole rings is 1. The Morgan fingerprint density at radius 1 is 1.42 bits per heavy atom. The molecule has 3 aromatic heterocycles. The molecule has 3 heterocycles. The molecule has 5 nitrogen and oxygen atoms in total. The van der Waals surface area contributed by atoms with Crippen molar-refractivity contribution < 1.29 is 4.79 Å². The van der Waals surface area contributed by atoms with Crippen molar-refractivity contribution in [2.45, 2.75) is 45.1 Å². The molecule has 0 aromatic carbocycles. The average molecular weight is 387 g/mol. The van der Waals surface area contributed by atoms with Gasteiger partial charge >= 0.3 is 0 Å². The lowest BCUT2D eigenvalue weighted by molar-refractivity contribution is 0.0927. The van der Waals surface area contributed by atoms with Gasteiger partial charge in [0.05, 0.1) is 17.4 Å². The van der Waals surface area contributed by atoms with Crippen molar-refractivity contribution in [3.8, 4) is 0 Å². The summed E-state index contributed by atoms with van der Waals surface area (Å²) in [5, 5.41) is 12.9. The number of nitrogens with zero attached hydrogens (tertiary/aromatic N) is 3. The van der Waals surface area contributed by atoms with Crippen molar-refractivity contribution in [2.75, 3.05) is 0 Å². The number of carbonyl (C=O) groups is 1. The minimum atomic E-state index is -0.131. The summed E-state index contributed by atoms with van der Waals surface area (Å²) in [7, 11) is 1.84. The number of thiophene rings is 1. The van der Waals surface area contributed by atoms with E-state index in [-0.39, 0.29) is 11.9 Å². The molecule has 3 aromatic rings. The Labute approximate surface area is 161 Å². The topological polar surface area (TPSA) is 59.8 Å². The summed E-state index contributed by atoms with van der Waals surface area (Å²) in [6, 6.07) is 3.91. The van der Waals surface area contributed by atoms with E-state index in [9.17, 15) is 4.79 Å². The van der Waals surface area contributed by atoms with Crippen molar-refractivity contribution in [3.05, 3.63) is 55.4 Å². The Kier molecular flexibility index (Phi) is 4.67. The number of hydrogen-bond donors (Lipinski definition) is 1. The number of aryl methyl sites for hydroxylation is 3. The maximum Gasteiger partial charge on any atom is 0.270 e. The molecule has 1 amide bonds. The van der Waals surface area contributed by atoms with Crippen LogP contribution in [0, 0.1) is 13.8 Å². The molecule has 4 rings (SSSR count). The first-order valence-electron chi connectivity index (χ1n) is 8.81. The second-order valence-electron chi connectivity index (χ2n) is 6.91. The van der Waals surface area contributed by atoms with Gasteiger partial charge in [-0.15, -0.1) is 11.3 Å². The molecule has 7 heteroatoms. The quantitative estimate of drug-likeness (QED) is 0.692. The summed E-state index contributed by atoms with van der Waals surface area (Å²) in [4.78, 5) is 18.8. The zero-order valence-electron chi connectivity index (χ0n) is 15.2. The van der Waals surface area contributed by atoms with E-state index in [0.29, 0.717) is 11.6 Å². The van der Waals surface area contributed by atoms with E-state index in [2.05, 4.69) is 39.1 Å². The van der Waals surface area contributed by atoms with Crippen LogP contribution in [0.25, 0.3) is 0 Å². The van der Waals surface area contributed by atoms with Crippen molar-refractivity contribution in [2.24, 2.45) is 7.05 Å².